The molecule has 0 saturated heterocycles. The molecule has 4 rings (SSSR count). The van der Waals surface area contributed by atoms with Gasteiger partial charge in [0.15, 0.2) is 11.6 Å². The molecule has 3 fully saturated rings. The third-order valence-corrected chi connectivity index (χ3v) is 10.2. The fraction of sp³-hybridized carbons (Fsp3) is 0.758. The van der Waals surface area contributed by atoms with E-state index in [2.05, 4.69) is 19.1 Å². The van der Waals surface area contributed by atoms with Gasteiger partial charge in [0, 0.05) is 0 Å². The fourth-order valence-electron chi connectivity index (χ4n) is 7.87. The molecule has 0 atom stereocenters. The molecule has 36 heavy (non-hydrogen) atoms. The number of hydrogen-bond acceptors (Lipinski definition) is 1. The molecule has 0 radical (unpaired) electrons. The fourth-order valence-corrected chi connectivity index (χ4v) is 7.87. The van der Waals surface area contributed by atoms with Crippen LogP contribution in [-0.2, 0) is 6.42 Å². The zero-order valence-electron chi connectivity index (χ0n) is 23.0. The zero-order valence-corrected chi connectivity index (χ0v) is 23.0. The topological polar surface area (TPSA) is 9.23 Å². The number of aryl methyl sites for hydroxylation is 1. The van der Waals surface area contributed by atoms with Crippen LogP contribution in [0.4, 0.5) is 8.78 Å². The zero-order chi connectivity index (χ0) is 25.3. The highest BCUT2D eigenvalue weighted by Crippen LogP contribution is 2.46. The summed E-state index contributed by atoms with van der Waals surface area (Å²) in [7, 11) is 0. The molecule has 202 valence electrons. The lowest BCUT2D eigenvalue weighted by Crippen LogP contribution is -2.29. The lowest BCUT2D eigenvalue weighted by molar-refractivity contribution is 0.103. The van der Waals surface area contributed by atoms with E-state index in [-0.39, 0.29) is 5.75 Å². The highest BCUT2D eigenvalue weighted by molar-refractivity contribution is 5.31. The first-order valence-electron chi connectivity index (χ1n) is 15.3. The van der Waals surface area contributed by atoms with Gasteiger partial charge in [0.1, 0.15) is 0 Å². The Morgan fingerprint density at radius 2 is 1.22 bits per heavy atom. The summed E-state index contributed by atoms with van der Waals surface area (Å²) < 4.78 is 33.8. The van der Waals surface area contributed by atoms with E-state index in [0.29, 0.717) is 24.5 Å². The molecule has 0 amide bonds. The molecule has 0 bridgehead atoms. The van der Waals surface area contributed by atoms with Crippen LogP contribution in [0.15, 0.2) is 24.3 Å². The molecule has 0 aromatic heterocycles. The van der Waals surface area contributed by atoms with Crippen molar-refractivity contribution >= 4 is 0 Å². The summed E-state index contributed by atoms with van der Waals surface area (Å²) in [5, 5.41) is 0. The highest BCUT2D eigenvalue weighted by Gasteiger charge is 2.34. The van der Waals surface area contributed by atoms with Crippen molar-refractivity contribution < 1.29 is 13.5 Å². The predicted octanol–water partition coefficient (Wildman–Crippen LogP) is 10.1. The van der Waals surface area contributed by atoms with Crippen molar-refractivity contribution in [3.8, 4) is 5.75 Å². The third-order valence-electron chi connectivity index (χ3n) is 10.2. The Bertz CT molecular complexity index is 809. The van der Waals surface area contributed by atoms with Gasteiger partial charge in [-0.25, -0.2) is 4.39 Å². The summed E-state index contributed by atoms with van der Waals surface area (Å²) in [6.45, 7) is 4.26. The molecule has 0 N–H and O–H groups in total. The van der Waals surface area contributed by atoms with E-state index in [1.165, 1.54) is 89.9 Å². The number of rotatable bonds is 10. The number of halogens is 2. The molecule has 0 heterocycles. The molecule has 1 aromatic rings. The second kappa shape index (κ2) is 14.0. The Labute approximate surface area is 219 Å². The average molecular weight is 501 g/mol. The lowest BCUT2D eigenvalue weighted by atomic mass is 9.64. The van der Waals surface area contributed by atoms with Crippen molar-refractivity contribution in [1.82, 2.24) is 0 Å². The van der Waals surface area contributed by atoms with Gasteiger partial charge in [-0.05, 0) is 138 Å². The molecule has 3 aliphatic rings. The van der Waals surface area contributed by atoms with Crippen LogP contribution in [0.2, 0.25) is 0 Å². The van der Waals surface area contributed by atoms with E-state index in [1.54, 1.807) is 19.1 Å². The SMILES string of the molecule is C/C=C/CCC1CCC(C2CCC(C3CCC(CCc4ccc(OCC)c(F)c4F)CC3)CC2)CC1. The van der Waals surface area contributed by atoms with Crippen molar-refractivity contribution in [2.75, 3.05) is 6.61 Å². The molecular formula is C33H50F2O. The Morgan fingerprint density at radius 3 is 1.72 bits per heavy atom. The van der Waals surface area contributed by atoms with Crippen LogP contribution in [0.1, 0.15) is 116 Å². The van der Waals surface area contributed by atoms with Gasteiger partial charge < -0.3 is 4.74 Å². The van der Waals surface area contributed by atoms with Gasteiger partial charge in [-0.2, -0.15) is 4.39 Å². The second-order valence-electron chi connectivity index (χ2n) is 12.2. The van der Waals surface area contributed by atoms with E-state index in [4.69, 9.17) is 4.74 Å². The number of hydrogen-bond donors (Lipinski definition) is 0. The van der Waals surface area contributed by atoms with Crippen LogP contribution in [0.5, 0.6) is 5.75 Å². The van der Waals surface area contributed by atoms with E-state index in [1.807, 2.05) is 0 Å². The summed E-state index contributed by atoms with van der Waals surface area (Å²) in [4.78, 5) is 0. The maximum absolute atomic E-state index is 14.4. The molecule has 1 aromatic carbocycles. The minimum absolute atomic E-state index is 0.0294. The maximum atomic E-state index is 14.4. The normalized spacial score (nSPS) is 31.6. The largest absolute Gasteiger partial charge is 0.491 e. The van der Waals surface area contributed by atoms with Gasteiger partial charge in [0.05, 0.1) is 6.61 Å². The van der Waals surface area contributed by atoms with Gasteiger partial charge in [0.25, 0.3) is 0 Å². The van der Waals surface area contributed by atoms with Gasteiger partial charge in [-0.3, -0.25) is 0 Å². The first-order chi connectivity index (χ1) is 17.6. The van der Waals surface area contributed by atoms with Crippen LogP contribution in [0, 0.1) is 47.1 Å². The molecule has 3 aliphatic carbocycles. The van der Waals surface area contributed by atoms with Crippen molar-refractivity contribution in [3.05, 3.63) is 41.5 Å². The number of allylic oxidation sites excluding steroid dienone is 2. The Balaban J connectivity index is 1.14. The minimum atomic E-state index is -0.828. The smallest absolute Gasteiger partial charge is 0.200 e. The Hall–Kier alpha value is -1.38. The van der Waals surface area contributed by atoms with Crippen molar-refractivity contribution in [2.24, 2.45) is 35.5 Å². The Morgan fingerprint density at radius 1 is 0.722 bits per heavy atom. The quantitative estimate of drug-likeness (QED) is 0.290. The van der Waals surface area contributed by atoms with E-state index < -0.39 is 11.6 Å². The van der Waals surface area contributed by atoms with Crippen LogP contribution < -0.4 is 4.74 Å². The van der Waals surface area contributed by atoms with Gasteiger partial charge in [0.2, 0.25) is 5.82 Å². The molecule has 3 saturated carbocycles. The van der Waals surface area contributed by atoms with Crippen molar-refractivity contribution in [1.29, 1.82) is 0 Å². The lowest BCUT2D eigenvalue weighted by Gasteiger charge is -2.41. The Kier molecular flexibility index (Phi) is 10.7. The third kappa shape index (κ3) is 7.35. The number of benzene rings is 1. The van der Waals surface area contributed by atoms with Crippen LogP contribution in [-0.4, -0.2) is 6.61 Å². The van der Waals surface area contributed by atoms with Crippen LogP contribution >= 0.6 is 0 Å². The van der Waals surface area contributed by atoms with E-state index in [9.17, 15) is 8.78 Å². The molecular weight excluding hydrogens is 450 g/mol. The molecule has 1 nitrogen and oxygen atoms in total. The van der Waals surface area contributed by atoms with E-state index in [0.717, 1.165) is 36.0 Å². The molecule has 0 unspecified atom stereocenters. The average Bonchev–Trinajstić information content (AvgIpc) is 2.92. The first-order valence-corrected chi connectivity index (χ1v) is 15.3. The molecule has 3 heteroatoms. The highest BCUT2D eigenvalue weighted by atomic mass is 19.2. The van der Waals surface area contributed by atoms with Crippen molar-refractivity contribution in [3.63, 3.8) is 0 Å². The monoisotopic (exact) mass is 500 g/mol. The van der Waals surface area contributed by atoms with E-state index >= 15 is 0 Å². The number of ether oxygens (including phenoxy) is 1. The van der Waals surface area contributed by atoms with Gasteiger partial charge >= 0.3 is 0 Å². The summed E-state index contributed by atoms with van der Waals surface area (Å²) in [6, 6.07) is 3.30. The summed E-state index contributed by atoms with van der Waals surface area (Å²) >= 11 is 0. The van der Waals surface area contributed by atoms with Crippen LogP contribution in [0.25, 0.3) is 0 Å². The van der Waals surface area contributed by atoms with Crippen LogP contribution in [0.3, 0.4) is 0 Å². The summed E-state index contributed by atoms with van der Waals surface area (Å²) in [5.74, 6) is 3.98. The first kappa shape index (κ1) is 27.6. The van der Waals surface area contributed by atoms with Gasteiger partial charge in [-0.1, -0.05) is 43.9 Å². The molecule has 0 aliphatic heterocycles. The molecule has 0 spiro atoms. The summed E-state index contributed by atoms with van der Waals surface area (Å²) in [6.07, 6.45) is 25.8. The standard InChI is InChI=1S/C33H50F2O/c1-3-5-6-7-24-8-13-26(14-9-24)28-18-20-29(21-19-28)27-15-10-25(11-16-27)12-17-30-22-23-31(36-4-2)33(35)32(30)34/h3,5,22-29H,4,6-21H2,1-2H3/b5-3+. The summed E-state index contributed by atoms with van der Waals surface area (Å²) in [5.41, 5.74) is 0.503. The predicted molar refractivity (Wildman–Crippen MR) is 146 cm³/mol. The van der Waals surface area contributed by atoms with Gasteiger partial charge in [-0.15, -0.1) is 0 Å². The minimum Gasteiger partial charge on any atom is -0.491 e. The maximum Gasteiger partial charge on any atom is 0.200 e. The van der Waals surface area contributed by atoms with Crippen molar-refractivity contribution in [2.45, 2.75) is 117 Å². The second-order valence-corrected chi connectivity index (χ2v) is 12.2.